The Morgan fingerprint density at radius 1 is 1.21 bits per heavy atom. The fourth-order valence-electron chi connectivity index (χ4n) is 1.04. The highest BCUT2D eigenvalue weighted by Crippen LogP contribution is 2.09. The van der Waals surface area contributed by atoms with Crippen molar-refractivity contribution in [1.82, 2.24) is 10.9 Å². The molecule has 0 amide bonds. The number of benzene rings is 1. The lowest BCUT2D eigenvalue weighted by molar-refractivity contribution is 0.595. The van der Waals surface area contributed by atoms with E-state index in [9.17, 15) is 8.42 Å². The second-order valence-electron chi connectivity index (χ2n) is 3.02. The SMILES string of the molecule is CNNCc1ccc(S(C)(=O)=O)cc1. The topological polar surface area (TPSA) is 58.2 Å². The lowest BCUT2D eigenvalue weighted by Gasteiger charge is -2.03. The number of hydrazine groups is 1. The third-order valence-corrected chi connectivity index (χ3v) is 2.95. The van der Waals surface area contributed by atoms with Crippen molar-refractivity contribution in [3.05, 3.63) is 29.8 Å². The van der Waals surface area contributed by atoms with Crippen molar-refractivity contribution in [2.24, 2.45) is 0 Å². The Bertz CT molecular complexity index is 384. The first-order chi connectivity index (χ1) is 6.54. The molecule has 0 fully saturated rings. The second-order valence-corrected chi connectivity index (χ2v) is 5.04. The van der Waals surface area contributed by atoms with E-state index in [4.69, 9.17) is 0 Å². The molecule has 0 unspecified atom stereocenters. The summed E-state index contributed by atoms with van der Waals surface area (Å²) in [6, 6.07) is 6.81. The van der Waals surface area contributed by atoms with Crippen molar-refractivity contribution >= 4 is 9.84 Å². The average molecular weight is 214 g/mol. The third kappa shape index (κ3) is 3.10. The van der Waals surface area contributed by atoms with Crippen LogP contribution >= 0.6 is 0 Å². The van der Waals surface area contributed by atoms with Gasteiger partial charge in [-0.15, -0.1) is 0 Å². The van der Waals surface area contributed by atoms with Gasteiger partial charge >= 0.3 is 0 Å². The van der Waals surface area contributed by atoms with Gasteiger partial charge in [-0.2, -0.15) is 0 Å². The zero-order valence-corrected chi connectivity index (χ0v) is 9.06. The molecular formula is C9H14N2O2S. The molecule has 0 bridgehead atoms. The van der Waals surface area contributed by atoms with Crippen LogP contribution < -0.4 is 10.9 Å². The lowest BCUT2D eigenvalue weighted by Crippen LogP contribution is -2.26. The van der Waals surface area contributed by atoms with E-state index in [2.05, 4.69) is 10.9 Å². The molecule has 0 aliphatic rings. The minimum absolute atomic E-state index is 0.353. The highest BCUT2D eigenvalue weighted by Gasteiger charge is 2.05. The average Bonchev–Trinajstić information content (AvgIpc) is 2.14. The van der Waals surface area contributed by atoms with Crippen LogP contribution in [0.1, 0.15) is 5.56 Å². The van der Waals surface area contributed by atoms with Crippen LogP contribution in [0.5, 0.6) is 0 Å². The van der Waals surface area contributed by atoms with Crippen molar-refractivity contribution in [2.75, 3.05) is 13.3 Å². The molecule has 0 saturated carbocycles. The monoisotopic (exact) mass is 214 g/mol. The van der Waals surface area contributed by atoms with Crippen molar-refractivity contribution in [1.29, 1.82) is 0 Å². The van der Waals surface area contributed by atoms with Crippen LogP contribution in [0, 0.1) is 0 Å². The summed E-state index contributed by atoms with van der Waals surface area (Å²) in [5.41, 5.74) is 6.75. The van der Waals surface area contributed by atoms with Gasteiger partial charge in [0.1, 0.15) is 0 Å². The second kappa shape index (κ2) is 4.54. The Balaban J connectivity index is 2.79. The Morgan fingerprint density at radius 3 is 2.21 bits per heavy atom. The molecule has 0 spiro atoms. The molecule has 0 radical (unpaired) electrons. The van der Waals surface area contributed by atoms with E-state index < -0.39 is 9.84 Å². The molecule has 2 N–H and O–H groups in total. The molecule has 4 nitrogen and oxygen atoms in total. The maximum absolute atomic E-state index is 11.1. The molecule has 0 aliphatic heterocycles. The normalized spacial score (nSPS) is 11.6. The van der Waals surface area contributed by atoms with E-state index in [0.29, 0.717) is 11.4 Å². The van der Waals surface area contributed by atoms with Crippen LogP contribution in [-0.2, 0) is 16.4 Å². The van der Waals surface area contributed by atoms with Crippen molar-refractivity contribution in [3.8, 4) is 0 Å². The van der Waals surface area contributed by atoms with Gasteiger partial charge in [0, 0.05) is 12.8 Å². The number of nitrogens with one attached hydrogen (secondary N) is 2. The third-order valence-electron chi connectivity index (χ3n) is 1.82. The summed E-state index contributed by atoms with van der Waals surface area (Å²) in [4.78, 5) is 0.353. The molecule has 0 saturated heterocycles. The molecule has 0 atom stereocenters. The Kier molecular flexibility index (Phi) is 3.62. The van der Waals surface area contributed by atoms with Crippen LogP contribution in [-0.4, -0.2) is 21.7 Å². The molecular weight excluding hydrogens is 200 g/mol. The zero-order valence-electron chi connectivity index (χ0n) is 8.24. The maximum Gasteiger partial charge on any atom is 0.175 e. The van der Waals surface area contributed by atoms with Crippen LogP contribution in [0.15, 0.2) is 29.2 Å². The largest absolute Gasteiger partial charge is 0.261 e. The maximum atomic E-state index is 11.1. The molecule has 0 aliphatic carbocycles. The smallest absolute Gasteiger partial charge is 0.175 e. The highest BCUT2D eigenvalue weighted by atomic mass is 32.2. The van der Waals surface area contributed by atoms with Gasteiger partial charge < -0.3 is 0 Å². The van der Waals surface area contributed by atoms with Gasteiger partial charge in [0.05, 0.1) is 4.90 Å². The summed E-state index contributed by atoms with van der Waals surface area (Å²) in [6.07, 6.45) is 1.20. The standard InChI is InChI=1S/C9H14N2O2S/c1-10-11-7-8-3-5-9(6-4-8)14(2,12)13/h3-6,10-11H,7H2,1-2H3. The number of sulfone groups is 1. The summed E-state index contributed by atoms with van der Waals surface area (Å²) < 4.78 is 22.3. The minimum Gasteiger partial charge on any atom is -0.261 e. The number of hydrogen-bond acceptors (Lipinski definition) is 4. The van der Waals surface area contributed by atoms with Crippen molar-refractivity contribution in [3.63, 3.8) is 0 Å². The molecule has 1 aromatic rings. The molecule has 1 rings (SSSR count). The van der Waals surface area contributed by atoms with Gasteiger partial charge in [-0.05, 0) is 24.7 Å². The van der Waals surface area contributed by atoms with E-state index in [1.165, 1.54) is 6.26 Å². The van der Waals surface area contributed by atoms with Crippen LogP contribution in [0.2, 0.25) is 0 Å². The van der Waals surface area contributed by atoms with Gasteiger partial charge in [-0.3, -0.25) is 10.9 Å². The Morgan fingerprint density at radius 2 is 1.79 bits per heavy atom. The number of hydrogen-bond donors (Lipinski definition) is 2. The summed E-state index contributed by atoms with van der Waals surface area (Å²) in [5.74, 6) is 0. The van der Waals surface area contributed by atoms with Gasteiger partial charge in [0.25, 0.3) is 0 Å². The summed E-state index contributed by atoms with van der Waals surface area (Å²) in [5, 5.41) is 0. The van der Waals surface area contributed by atoms with E-state index in [0.717, 1.165) is 5.56 Å². The van der Waals surface area contributed by atoms with Gasteiger partial charge in [0.2, 0.25) is 0 Å². The fourth-order valence-corrected chi connectivity index (χ4v) is 1.68. The van der Waals surface area contributed by atoms with Crippen LogP contribution in [0.3, 0.4) is 0 Å². The van der Waals surface area contributed by atoms with Crippen LogP contribution in [0.4, 0.5) is 0 Å². The van der Waals surface area contributed by atoms with Crippen molar-refractivity contribution < 1.29 is 8.42 Å². The Labute approximate surface area is 84.2 Å². The quantitative estimate of drug-likeness (QED) is 0.708. The zero-order chi connectivity index (χ0) is 10.6. The molecule has 1 aromatic carbocycles. The lowest BCUT2D eigenvalue weighted by atomic mass is 10.2. The highest BCUT2D eigenvalue weighted by molar-refractivity contribution is 7.90. The van der Waals surface area contributed by atoms with Crippen LogP contribution in [0.25, 0.3) is 0 Å². The molecule has 0 heterocycles. The van der Waals surface area contributed by atoms with Gasteiger partial charge in [0.15, 0.2) is 9.84 Å². The molecule has 5 heteroatoms. The summed E-state index contributed by atoms with van der Waals surface area (Å²) >= 11 is 0. The van der Waals surface area contributed by atoms with E-state index in [1.54, 1.807) is 31.3 Å². The van der Waals surface area contributed by atoms with E-state index in [1.807, 2.05) is 0 Å². The van der Waals surface area contributed by atoms with Gasteiger partial charge in [-0.25, -0.2) is 8.42 Å². The Hall–Kier alpha value is -0.910. The van der Waals surface area contributed by atoms with Gasteiger partial charge in [-0.1, -0.05) is 12.1 Å². The first-order valence-electron chi connectivity index (χ1n) is 4.22. The van der Waals surface area contributed by atoms with Crippen molar-refractivity contribution in [2.45, 2.75) is 11.4 Å². The minimum atomic E-state index is -3.08. The molecule has 78 valence electrons. The first kappa shape index (κ1) is 11.2. The predicted molar refractivity (Wildman–Crippen MR) is 55.5 cm³/mol. The predicted octanol–water partition coefficient (Wildman–Crippen LogP) is 0.314. The number of rotatable bonds is 4. The van der Waals surface area contributed by atoms with E-state index >= 15 is 0 Å². The summed E-state index contributed by atoms with van der Waals surface area (Å²) in [6.45, 7) is 0.667. The fraction of sp³-hybridized carbons (Fsp3) is 0.333. The van der Waals surface area contributed by atoms with E-state index in [-0.39, 0.29) is 0 Å². The molecule has 0 aromatic heterocycles. The molecule has 14 heavy (non-hydrogen) atoms. The summed E-state index contributed by atoms with van der Waals surface area (Å²) in [7, 11) is -1.29. The first-order valence-corrected chi connectivity index (χ1v) is 6.12.